The number of aryl methyl sites for hydroxylation is 2. The van der Waals surface area contributed by atoms with Crippen molar-refractivity contribution < 1.29 is 38.1 Å². The molecule has 0 radical (unpaired) electrons. The van der Waals surface area contributed by atoms with Crippen LogP contribution in [0.1, 0.15) is 117 Å². The minimum Gasteiger partial charge on any atom is -0.423 e. The lowest BCUT2D eigenvalue weighted by Gasteiger charge is -2.14. The third-order valence-corrected chi connectivity index (χ3v) is 6.45. The highest BCUT2D eigenvalue weighted by Crippen LogP contribution is 2.34. The van der Waals surface area contributed by atoms with Crippen molar-refractivity contribution in [1.29, 1.82) is 0 Å². The maximum Gasteiger partial charge on any atom is 0.311 e. The van der Waals surface area contributed by atoms with Crippen LogP contribution in [0.25, 0.3) is 0 Å². The van der Waals surface area contributed by atoms with Crippen LogP contribution in [-0.4, -0.2) is 23.9 Å². The molecule has 0 atom stereocenters. The highest BCUT2D eigenvalue weighted by molar-refractivity contribution is 5.77. The molecular weight excluding hydrogens is 548 g/mol. The van der Waals surface area contributed by atoms with Gasteiger partial charge in [-0.25, -0.2) is 0 Å². The van der Waals surface area contributed by atoms with Gasteiger partial charge in [0.1, 0.15) is 0 Å². The zero-order chi connectivity index (χ0) is 32.2. The van der Waals surface area contributed by atoms with E-state index in [1.54, 1.807) is 39.8 Å². The van der Waals surface area contributed by atoms with Crippen LogP contribution >= 0.6 is 0 Å². The first-order valence-electron chi connectivity index (χ1n) is 15.7. The van der Waals surface area contributed by atoms with Gasteiger partial charge in [-0.05, 0) is 54.9 Å². The Hall–Kier alpha value is -3.68. The third-order valence-electron chi connectivity index (χ3n) is 6.45. The first-order valence-corrected chi connectivity index (χ1v) is 15.7. The number of para-hydroxylation sites is 2. The Morgan fingerprint density at radius 2 is 0.977 bits per heavy atom. The maximum atomic E-state index is 11.7. The van der Waals surface area contributed by atoms with Gasteiger partial charge in [0.05, 0.1) is 0 Å². The van der Waals surface area contributed by atoms with Crippen molar-refractivity contribution in [2.75, 3.05) is 0 Å². The molecule has 0 aliphatic rings. The summed E-state index contributed by atoms with van der Waals surface area (Å²) in [6.45, 7) is 13.4. The fraction of sp³-hybridized carbons (Fsp3) is 0.543. The topological polar surface area (TPSA) is 105 Å². The largest absolute Gasteiger partial charge is 0.423 e. The number of hydrogen-bond acceptors (Lipinski definition) is 8. The summed E-state index contributed by atoms with van der Waals surface area (Å²) in [6.07, 6.45) is 8.20. The smallest absolute Gasteiger partial charge is 0.311 e. The molecule has 2 aromatic carbocycles. The molecule has 0 aromatic heterocycles. The first kappa shape index (κ1) is 37.3. The van der Waals surface area contributed by atoms with Crippen LogP contribution in [-0.2, 0) is 32.0 Å². The van der Waals surface area contributed by atoms with Crippen LogP contribution in [0.5, 0.6) is 23.0 Å². The summed E-state index contributed by atoms with van der Waals surface area (Å²) in [5.74, 6) is 0.643. The van der Waals surface area contributed by atoms with E-state index in [9.17, 15) is 19.2 Å². The van der Waals surface area contributed by atoms with Gasteiger partial charge in [0.25, 0.3) is 0 Å². The van der Waals surface area contributed by atoms with E-state index in [2.05, 4.69) is 20.8 Å². The van der Waals surface area contributed by atoms with Gasteiger partial charge in [-0.3, -0.25) is 19.2 Å². The first-order chi connectivity index (χ1) is 20.6. The van der Waals surface area contributed by atoms with E-state index in [4.69, 9.17) is 18.9 Å². The van der Waals surface area contributed by atoms with Crippen molar-refractivity contribution in [2.24, 2.45) is 5.92 Å². The fourth-order valence-electron chi connectivity index (χ4n) is 3.86. The second kappa shape index (κ2) is 21.1. The Morgan fingerprint density at radius 3 is 1.37 bits per heavy atom. The number of esters is 4. The summed E-state index contributed by atoms with van der Waals surface area (Å²) in [6, 6.07) is 10.8. The second-order valence-electron chi connectivity index (χ2n) is 10.5. The Morgan fingerprint density at radius 1 is 0.558 bits per heavy atom. The van der Waals surface area contributed by atoms with Crippen molar-refractivity contribution in [3.8, 4) is 23.0 Å². The minimum absolute atomic E-state index is 0.275. The monoisotopic (exact) mass is 598 g/mol. The number of ether oxygens (including phenoxy) is 4. The molecule has 8 nitrogen and oxygen atoms in total. The lowest BCUT2D eigenvalue weighted by atomic mass is 10.0. The average molecular weight is 599 g/mol. The number of unbranched alkanes of at least 4 members (excludes halogenated alkanes) is 3. The Labute approximate surface area is 257 Å². The van der Waals surface area contributed by atoms with Gasteiger partial charge in [-0.15, -0.1) is 0 Å². The number of benzene rings is 2. The van der Waals surface area contributed by atoms with Crippen molar-refractivity contribution in [2.45, 2.75) is 119 Å². The molecule has 238 valence electrons. The van der Waals surface area contributed by atoms with E-state index in [0.717, 1.165) is 43.2 Å². The predicted molar refractivity (Wildman–Crippen MR) is 168 cm³/mol. The molecule has 0 amide bonds. The van der Waals surface area contributed by atoms with Crippen LogP contribution < -0.4 is 18.9 Å². The number of rotatable bonds is 16. The van der Waals surface area contributed by atoms with Crippen LogP contribution in [0.2, 0.25) is 0 Å². The molecule has 0 bridgehead atoms. The highest BCUT2D eigenvalue weighted by atomic mass is 16.6. The lowest BCUT2D eigenvalue weighted by Crippen LogP contribution is -2.12. The SMILES string of the molecule is CCC(=O)Oc1cccc(CCC(C)C)c1OC(=O)CC.CCCCCCc1cccc(OC(=O)CC)c1OC(=O)CC. The van der Waals surface area contributed by atoms with Gasteiger partial charge in [-0.1, -0.05) is 92.0 Å². The molecule has 2 rings (SSSR count). The van der Waals surface area contributed by atoms with Crippen molar-refractivity contribution in [1.82, 2.24) is 0 Å². The molecule has 0 spiro atoms. The molecule has 0 fully saturated rings. The maximum absolute atomic E-state index is 11.7. The molecule has 43 heavy (non-hydrogen) atoms. The van der Waals surface area contributed by atoms with Crippen LogP contribution in [0, 0.1) is 5.92 Å². The molecule has 0 saturated heterocycles. The van der Waals surface area contributed by atoms with Gasteiger partial charge in [0, 0.05) is 25.7 Å². The van der Waals surface area contributed by atoms with E-state index < -0.39 is 0 Å². The van der Waals surface area contributed by atoms with E-state index in [1.165, 1.54) is 12.8 Å². The predicted octanol–water partition coefficient (Wildman–Crippen LogP) is 8.35. The number of carbonyl (C=O) groups is 4. The zero-order valence-electron chi connectivity index (χ0n) is 27.1. The Balaban J connectivity index is 0.000000430. The standard InChI is InChI=1S/C18H26O4.C17H24O4/c1-4-7-8-9-11-14-12-10-13-15(21-16(19)5-2)18(14)22-17(20)6-3;1-5-15(18)20-14-9-7-8-13(11-10-12(3)4)17(14)21-16(19)6-2/h10,12-13H,4-9,11H2,1-3H3;7-9,12H,5-6,10-11H2,1-4H3. The summed E-state index contributed by atoms with van der Waals surface area (Å²) in [7, 11) is 0. The molecule has 0 saturated carbocycles. The molecule has 2 aromatic rings. The van der Waals surface area contributed by atoms with Crippen molar-refractivity contribution in [3.63, 3.8) is 0 Å². The van der Waals surface area contributed by atoms with Crippen molar-refractivity contribution >= 4 is 23.9 Å². The van der Waals surface area contributed by atoms with Gasteiger partial charge in [-0.2, -0.15) is 0 Å². The summed E-state index contributed by atoms with van der Waals surface area (Å²) < 4.78 is 21.4. The Bertz CT molecular complexity index is 1170. The second-order valence-corrected chi connectivity index (χ2v) is 10.5. The van der Waals surface area contributed by atoms with E-state index in [0.29, 0.717) is 28.9 Å². The molecule has 0 N–H and O–H groups in total. The van der Waals surface area contributed by atoms with E-state index >= 15 is 0 Å². The van der Waals surface area contributed by atoms with Crippen LogP contribution in [0.4, 0.5) is 0 Å². The molecular formula is C35H50O8. The molecule has 0 aliphatic carbocycles. The zero-order valence-corrected chi connectivity index (χ0v) is 27.1. The highest BCUT2D eigenvalue weighted by Gasteiger charge is 2.18. The lowest BCUT2D eigenvalue weighted by molar-refractivity contribution is -0.136. The minimum atomic E-state index is -0.343. The molecule has 0 heterocycles. The van der Waals surface area contributed by atoms with Gasteiger partial charge in [0.15, 0.2) is 23.0 Å². The van der Waals surface area contributed by atoms with Gasteiger partial charge >= 0.3 is 23.9 Å². The number of carbonyl (C=O) groups excluding carboxylic acids is 4. The fourth-order valence-corrected chi connectivity index (χ4v) is 3.86. The average Bonchev–Trinajstić information content (AvgIpc) is 3.00. The van der Waals surface area contributed by atoms with Gasteiger partial charge < -0.3 is 18.9 Å². The summed E-state index contributed by atoms with van der Waals surface area (Å²) in [5.41, 5.74) is 1.81. The quantitative estimate of drug-likeness (QED) is 0.108. The molecule has 0 aliphatic heterocycles. The Kier molecular flexibility index (Phi) is 18.3. The summed E-state index contributed by atoms with van der Waals surface area (Å²) in [4.78, 5) is 46.3. The molecule has 8 heteroatoms. The number of hydrogen-bond donors (Lipinski definition) is 0. The van der Waals surface area contributed by atoms with Crippen molar-refractivity contribution in [3.05, 3.63) is 47.5 Å². The van der Waals surface area contributed by atoms with Crippen LogP contribution in [0.3, 0.4) is 0 Å². The third kappa shape index (κ3) is 14.4. The normalized spacial score (nSPS) is 10.4. The summed E-state index contributed by atoms with van der Waals surface area (Å²) in [5, 5.41) is 0. The van der Waals surface area contributed by atoms with E-state index in [-0.39, 0.29) is 49.6 Å². The van der Waals surface area contributed by atoms with Gasteiger partial charge in [0.2, 0.25) is 0 Å². The molecule has 0 unspecified atom stereocenters. The summed E-state index contributed by atoms with van der Waals surface area (Å²) >= 11 is 0. The van der Waals surface area contributed by atoms with E-state index in [1.807, 2.05) is 24.3 Å². The van der Waals surface area contributed by atoms with Crippen LogP contribution in [0.15, 0.2) is 36.4 Å².